The Hall–Kier alpha value is -3.82. The molecular formula is C33H41N3O6. The molecule has 0 aliphatic carbocycles. The number of unbranched alkanes of at least 4 members (excludes halogenated alkanes) is 1. The van der Waals surface area contributed by atoms with Gasteiger partial charge < -0.3 is 28.4 Å². The Balaban J connectivity index is 1.31. The maximum Gasteiger partial charge on any atom is 0.254 e. The van der Waals surface area contributed by atoms with E-state index >= 15 is 0 Å². The van der Waals surface area contributed by atoms with Crippen LogP contribution in [0.15, 0.2) is 65.3 Å². The summed E-state index contributed by atoms with van der Waals surface area (Å²) in [5, 5.41) is 0. The summed E-state index contributed by atoms with van der Waals surface area (Å²) in [5.74, 6) is 1.76. The number of benzene rings is 2. The van der Waals surface area contributed by atoms with Crippen LogP contribution in [-0.4, -0.2) is 79.2 Å². The first-order chi connectivity index (χ1) is 20.6. The lowest BCUT2D eigenvalue weighted by Crippen LogP contribution is -2.44. The molecule has 9 nitrogen and oxygen atoms in total. The van der Waals surface area contributed by atoms with Crippen LogP contribution in [-0.2, 0) is 29.0 Å². The number of carbonyl (C=O) groups is 2. The topological polar surface area (TPSA) is 84.7 Å². The van der Waals surface area contributed by atoms with Gasteiger partial charge in [0, 0.05) is 38.3 Å². The third-order valence-electron chi connectivity index (χ3n) is 7.73. The fourth-order valence-electron chi connectivity index (χ4n) is 5.29. The predicted octanol–water partition coefficient (Wildman–Crippen LogP) is 4.74. The molecule has 1 saturated heterocycles. The molecule has 42 heavy (non-hydrogen) atoms. The van der Waals surface area contributed by atoms with E-state index < -0.39 is 0 Å². The van der Waals surface area contributed by atoms with E-state index in [-0.39, 0.29) is 25.2 Å². The summed E-state index contributed by atoms with van der Waals surface area (Å²) in [7, 11) is 0. The van der Waals surface area contributed by atoms with Crippen LogP contribution in [0.5, 0.6) is 11.5 Å². The normalized spacial score (nSPS) is 14.6. The van der Waals surface area contributed by atoms with Gasteiger partial charge in [-0.25, -0.2) is 0 Å². The van der Waals surface area contributed by atoms with E-state index in [1.165, 1.54) is 5.56 Å². The maximum atomic E-state index is 13.9. The molecule has 0 radical (unpaired) electrons. The van der Waals surface area contributed by atoms with Crippen LogP contribution in [0, 0.1) is 0 Å². The number of amides is 2. The molecule has 0 bridgehead atoms. The van der Waals surface area contributed by atoms with Gasteiger partial charge in [0.2, 0.25) is 12.7 Å². The van der Waals surface area contributed by atoms with E-state index in [1.807, 2.05) is 54.6 Å². The fraction of sp³-hybridized carbons (Fsp3) is 0.455. The molecule has 0 unspecified atom stereocenters. The van der Waals surface area contributed by atoms with Crippen LogP contribution in [0.2, 0.25) is 0 Å². The molecule has 3 heterocycles. The lowest BCUT2D eigenvalue weighted by molar-refractivity contribution is -0.133. The van der Waals surface area contributed by atoms with Crippen molar-refractivity contribution in [1.29, 1.82) is 0 Å². The van der Waals surface area contributed by atoms with Crippen molar-refractivity contribution in [1.82, 2.24) is 14.7 Å². The predicted molar refractivity (Wildman–Crippen MR) is 158 cm³/mol. The van der Waals surface area contributed by atoms with Crippen molar-refractivity contribution in [3.63, 3.8) is 0 Å². The highest BCUT2D eigenvalue weighted by Crippen LogP contribution is 2.33. The molecule has 3 aromatic rings. The highest BCUT2D eigenvalue weighted by molar-refractivity contribution is 5.96. The average molecular weight is 576 g/mol. The smallest absolute Gasteiger partial charge is 0.254 e. The largest absolute Gasteiger partial charge is 0.467 e. The van der Waals surface area contributed by atoms with Gasteiger partial charge in [-0.15, -0.1) is 0 Å². The van der Waals surface area contributed by atoms with Crippen molar-refractivity contribution < 1.29 is 28.2 Å². The molecule has 5 rings (SSSR count). The van der Waals surface area contributed by atoms with Crippen molar-refractivity contribution in [3.8, 4) is 11.5 Å². The quantitative estimate of drug-likeness (QED) is 0.274. The molecule has 9 heteroatoms. The SMILES string of the molecule is CCCCc1ccc(C(=O)N(CCCN2CCOCC2)CC(=O)N(Cc2ccc3c(c2)OCO3)Cc2ccco2)cc1. The van der Waals surface area contributed by atoms with E-state index in [0.29, 0.717) is 42.5 Å². The minimum absolute atomic E-state index is 0.0230. The zero-order valence-corrected chi connectivity index (χ0v) is 24.5. The molecule has 1 fully saturated rings. The van der Waals surface area contributed by atoms with Crippen molar-refractivity contribution in [2.24, 2.45) is 0 Å². The van der Waals surface area contributed by atoms with Gasteiger partial charge >= 0.3 is 0 Å². The molecule has 224 valence electrons. The van der Waals surface area contributed by atoms with E-state index in [4.69, 9.17) is 18.6 Å². The Labute approximate surface area is 247 Å². The highest BCUT2D eigenvalue weighted by Gasteiger charge is 2.25. The first-order valence-corrected chi connectivity index (χ1v) is 15.0. The van der Waals surface area contributed by atoms with Gasteiger partial charge in [-0.3, -0.25) is 14.5 Å². The standard InChI is InChI=1S/C33H41N3O6/c1-2-3-6-26-8-11-28(12-9-26)33(38)35(15-5-14-34-16-19-39-20-17-34)24-32(37)36(23-29-7-4-18-40-29)22-27-10-13-30-31(21-27)42-25-41-30/h4,7-13,18,21H,2-3,5-6,14-17,19-20,22-25H2,1H3. The summed E-state index contributed by atoms with van der Waals surface area (Å²) in [5.41, 5.74) is 2.73. The Morgan fingerprint density at radius 2 is 1.67 bits per heavy atom. The van der Waals surface area contributed by atoms with Crippen LogP contribution < -0.4 is 9.47 Å². The number of aryl methyl sites for hydroxylation is 1. The monoisotopic (exact) mass is 575 g/mol. The summed E-state index contributed by atoms with van der Waals surface area (Å²) < 4.78 is 22.1. The second kappa shape index (κ2) is 14.9. The number of nitrogens with zero attached hydrogens (tertiary/aromatic N) is 3. The summed E-state index contributed by atoms with van der Waals surface area (Å²) in [6, 6.07) is 17.2. The van der Waals surface area contributed by atoms with Crippen LogP contribution in [0.1, 0.15) is 53.4 Å². The molecule has 1 aromatic heterocycles. The Kier molecular flexibility index (Phi) is 10.5. The van der Waals surface area contributed by atoms with Gasteiger partial charge in [0.25, 0.3) is 5.91 Å². The van der Waals surface area contributed by atoms with Gasteiger partial charge in [-0.1, -0.05) is 31.5 Å². The molecule has 0 saturated carbocycles. The van der Waals surface area contributed by atoms with Crippen molar-refractivity contribution in [3.05, 3.63) is 83.3 Å². The lowest BCUT2D eigenvalue weighted by atomic mass is 10.1. The number of carbonyl (C=O) groups excluding carboxylic acids is 2. The minimum atomic E-state index is -0.150. The number of ether oxygens (including phenoxy) is 3. The fourth-order valence-corrected chi connectivity index (χ4v) is 5.29. The second-order valence-corrected chi connectivity index (χ2v) is 10.9. The second-order valence-electron chi connectivity index (χ2n) is 10.9. The van der Waals surface area contributed by atoms with Crippen LogP contribution in [0.25, 0.3) is 0 Å². The molecule has 0 N–H and O–H groups in total. The molecule has 0 atom stereocenters. The maximum absolute atomic E-state index is 13.9. The third-order valence-corrected chi connectivity index (χ3v) is 7.73. The number of hydrogen-bond donors (Lipinski definition) is 0. The molecule has 2 aromatic carbocycles. The number of hydrogen-bond acceptors (Lipinski definition) is 7. The minimum Gasteiger partial charge on any atom is -0.467 e. The Morgan fingerprint density at radius 3 is 2.43 bits per heavy atom. The molecule has 2 amide bonds. The Morgan fingerprint density at radius 1 is 0.881 bits per heavy atom. The van der Waals surface area contributed by atoms with E-state index in [1.54, 1.807) is 16.1 Å². The van der Waals surface area contributed by atoms with E-state index in [2.05, 4.69) is 11.8 Å². The van der Waals surface area contributed by atoms with Gasteiger partial charge in [-0.2, -0.15) is 0 Å². The molecule has 0 spiro atoms. The first-order valence-electron chi connectivity index (χ1n) is 15.0. The summed E-state index contributed by atoms with van der Waals surface area (Å²) in [4.78, 5) is 33.5. The Bertz CT molecular complexity index is 1290. The van der Waals surface area contributed by atoms with Crippen molar-refractivity contribution in [2.75, 3.05) is 52.7 Å². The molecule has 2 aliphatic heterocycles. The van der Waals surface area contributed by atoms with Gasteiger partial charge in [0.05, 0.1) is 26.0 Å². The summed E-state index contributed by atoms with van der Waals surface area (Å²) in [6.07, 6.45) is 5.61. The van der Waals surface area contributed by atoms with Crippen LogP contribution >= 0.6 is 0 Å². The summed E-state index contributed by atoms with van der Waals surface area (Å²) >= 11 is 0. The van der Waals surface area contributed by atoms with Crippen molar-refractivity contribution >= 4 is 11.8 Å². The molecular weight excluding hydrogens is 534 g/mol. The first kappa shape index (κ1) is 29.7. The average Bonchev–Trinajstić information content (AvgIpc) is 3.72. The van der Waals surface area contributed by atoms with Gasteiger partial charge in [0.15, 0.2) is 11.5 Å². The van der Waals surface area contributed by atoms with Crippen molar-refractivity contribution in [2.45, 2.75) is 45.7 Å². The zero-order chi connectivity index (χ0) is 29.1. The number of morpholine rings is 1. The number of fused-ring (bicyclic) bond motifs is 1. The van der Waals surface area contributed by atoms with Gasteiger partial charge in [-0.05, 0) is 66.8 Å². The summed E-state index contributed by atoms with van der Waals surface area (Å²) in [6.45, 7) is 7.55. The van der Waals surface area contributed by atoms with E-state index in [9.17, 15) is 9.59 Å². The van der Waals surface area contributed by atoms with Crippen LogP contribution in [0.4, 0.5) is 0 Å². The van der Waals surface area contributed by atoms with Gasteiger partial charge in [0.1, 0.15) is 12.3 Å². The van der Waals surface area contributed by atoms with E-state index in [0.717, 1.165) is 64.1 Å². The number of furan rings is 1. The lowest BCUT2D eigenvalue weighted by Gasteiger charge is -2.30. The molecule has 2 aliphatic rings. The number of rotatable bonds is 14. The third kappa shape index (κ3) is 8.14. The zero-order valence-electron chi connectivity index (χ0n) is 24.5. The highest BCUT2D eigenvalue weighted by atomic mass is 16.7. The van der Waals surface area contributed by atoms with Crippen LogP contribution in [0.3, 0.4) is 0 Å².